The number of fused-ring (bicyclic) bond motifs is 2. The first-order valence-corrected chi connectivity index (χ1v) is 25.9. The second kappa shape index (κ2) is 29.0. The number of unbranched alkanes of at least 4 members (excludes halogenated alkanes) is 2. The van der Waals surface area contributed by atoms with Crippen molar-refractivity contribution in [2.24, 2.45) is 5.73 Å². The van der Waals surface area contributed by atoms with E-state index >= 15 is 0 Å². The number of pyridine rings is 2. The van der Waals surface area contributed by atoms with Gasteiger partial charge in [-0.25, -0.2) is 14.8 Å². The Bertz CT molecular complexity index is 2890. The highest BCUT2D eigenvalue weighted by Gasteiger charge is 2.28. The van der Waals surface area contributed by atoms with Gasteiger partial charge in [-0.1, -0.05) is 18.6 Å². The van der Waals surface area contributed by atoms with Crippen molar-refractivity contribution >= 4 is 86.4 Å². The number of rotatable bonds is 32. The third-order valence-electron chi connectivity index (χ3n) is 12.2. The van der Waals surface area contributed by atoms with Crippen molar-refractivity contribution in [3.63, 3.8) is 0 Å². The Morgan fingerprint density at radius 3 is 2.13 bits per heavy atom. The van der Waals surface area contributed by atoms with Crippen LogP contribution in [-0.4, -0.2) is 137 Å². The number of ketones is 1. The van der Waals surface area contributed by atoms with Gasteiger partial charge in [0.1, 0.15) is 6.04 Å². The largest absolute Gasteiger partial charge is 0.491 e. The molecular weight excluding hydrogens is 1040 g/mol. The number of nitrogens with one attached hydrogen (secondary N) is 5. The molecule has 0 saturated heterocycles. The lowest BCUT2D eigenvalue weighted by molar-refractivity contribution is -0.138. The molecule has 0 saturated carbocycles. The number of primary amides is 1. The highest BCUT2D eigenvalue weighted by Crippen LogP contribution is 2.35. The average Bonchev–Trinajstić information content (AvgIpc) is 4.23. The Kier molecular flexibility index (Phi) is 21.8. The molecule has 0 aliphatic carbocycles. The molecule has 26 heteroatoms. The molecule has 0 spiro atoms. The Balaban J connectivity index is 0.887. The number of aromatic nitrogens is 2. The summed E-state index contributed by atoms with van der Waals surface area (Å²) in [5.74, 6) is -3.01. The second-order valence-electron chi connectivity index (χ2n) is 18.0. The Labute approximate surface area is 451 Å². The molecule has 1 aromatic carbocycles. The topological polar surface area (TPSA) is 346 Å². The van der Waals surface area contributed by atoms with Gasteiger partial charge in [0.25, 0.3) is 23.6 Å². The predicted molar refractivity (Wildman–Crippen MR) is 280 cm³/mol. The molecule has 2 aliphatic heterocycles. The van der Waals surface area contributed by atoms with Crippen LogP contribution in [0.1, 0.15) is 97.1 Å². The van der Waals surface area contributed by atoms with Gasteiger partial charge in [-0.3, -0.25) is 48.1 Å². The quantitative estimate of drug-likeness (QED) is 0.0210. The number of amides is 9. The first-order chi connectivity index (χ1) is 37.5. The fraction of sp³-hybridized carbons (Fsp3) is 0.423. The molecule has 25 nitrogen and oxygen atoms in total. The Hall–Kier alpha value is -8.68. The van der Waals surface area contributed by atoms with E-state index in [1.54, 1.807) is 47.4 Å². The van der Waals surface area contributed by atoms with E-state index in [0.717, 1.165) is 10.5 Å². The number of carbonyl (C=O) groups excluding carboxylic acids is 9. The number of hydrogen-bond acceptors (Lipinski definition) is 17. The SMILES string of the molecule is COc1cc2c(nc1OCCCOc1nc3cc(C(=O)CCC(=O)O)sc3cc1OC)CN(C(=O)CCC(=O)NCc1ccc(NC(=O)[C@H](CCCNC(N)=O)NC(=O)CNC(=O)CCCCCN3C(=O)C=CC3=O)cc1)C2. The number of carboxylic acids is 1. The van der Waals surface area contributed by atoms with Crippen LogP contribution in [0.25, 0.3) is 10.2 Å². The number of thiophene rings is 1. The number of nitrogens with zero attached hydrogens (tertiary/aromatic N) is 4. The van der Waals surface area contributed by atoms with Crippen molar-refractivity contribution in [1.82, 2.24) is 41.0 Å². The average molecular weight is 1100 g/mol. The van der Waals surface area contributed by atoms with Crippen LogP contribution >= 0.6 is 11.3 Å². The third kappa shape index (κ3) is 17.7. The number of methoxy groups -OCH3 is 2. The molecule has 5 heterocycles. The van der Waals surface area contributed by atoms with Gasteiger partial charge in [0.05, 0.1) is 67.7 Å². The van der Waals surface area contributed by atoms with Crippen molar-refractivity contribution in [3.8, 4) is 23.3 Å². The van der Waals surface area contributed by atoms with Gasteiger partial charge in [-0.2, -0.15) is 0 Å². The predicted octanol–water partition coefficient (Wildman–Crippen LogP) is 3.02. The van der Waals surface area contributed by atoms with Crippen LogP contribution in [0.3, 0.4) is 0 Å². The maximum Gasteiger partial charge on any atom is 0.312 e. The highest BCUT2D eigenvalue weighted by atomic mass is 32.1. The van der Waals surface area contributed by atoms with Crippen molar-refractivity contribution in [2.75, 3.05) is 52.4 Å². The zero-order valence-corrected chi connectivity index (χ0v) is 44.0. The van der Waals surface area contributed by atoms with E-state index in [2.05, 4.69) is 36.6 Å². The Morgan fingerprint density at radius 1 is 0.744 bits per heavy atom. The zero-order chi connectivity index (χ0) is 56.1. The van der Waals surface area contributed by atoms with Crippen LogP contribution in [0, 0.1) is 0 Å². The number of ether oxygens (including phenoxy) is 4. The smallest absolute Gasteiger partial charge is 0.312 e. The van der Waals surface area contributed by atoms with E-state index in [9.17, 15) is 47.9 Å². The fourth-order valence-electron chi connectivity index (χ4n) is 8.04. The Morgan fingerprint density at radius 2 is 1.44 bits per heavy atom. The number of hydrogen-bond donors (Lipinski definition) is 7. The number of anilines is 1. The van der Waals surface area contributed by atoms with Gasteiger partial charge in [0.15, 0.2) is 17.3 Å². The summed E-state index contributed by atoms with van der Waals surface area (Å²) in [5.41, 5.74) is 8.18. The summed E-state index contributed by atoms with van der Waals surface area (Å²) in [5, 5.41) is 22.1. The lowest BCUT2D eigenvalue weighted by Crippen LogP contribution is -2.47. The number of imide groups is 1. The van der Waals surface area contributed by atoms with Crippen molar-refractivity contribution < 1.29 is 72.0 Å². The molecule has 4 aromatic rings. The van der Waals surface area contributed by atoms with Crippen molar-refractivity contribution in [3.05, 3.63) is 76.3 Å². The van der Waals surface area contributed by atoms with Crippen LogP contribution in [0.15, 0.2) is 54.6 Å². The van der Waals surface area contributed by atoms with E-state index in [1.165, 1.54) is 37.7 Å². The lowest BCUT2D eigenvalue weighted by Gasteiger charge is -2.19. The standard InChI is InChI=1S/C52H62N10O15S/c1-74-38-24-32-29-61(30-36(32)60-50(38)76-22-7-23-77-51-39(75-2)26-40-35(59-51)25-41(78-40)37(63)14-19-48(70)71)45(67)16-15-43(65)55-27-31-10-12-33(13-11-31)57-49(72)34(8-6-20-54-52(53)73)58-44(66)28-56-42(64)9-4-3-5-21-62-46(68)17-18-47(62)69/h10-13,17-18,24-26,34H,3-9,14-16,19-23,27-30H2,1-2H3,(H,55,65)(H,56,64)(H,57,72)(H,58,66)(H,70,71)(H3,53,54,73)/t34-/m0/s1. The molecule has 8 N–H and O–H groups in total. The highest BCUT2D eigenvalue weighted by molar-refractivity contribution is 7.20. The van der Waals surface area contributed by atoms with E-state index < -0.39 is 29.9 Å². The van der Waals surface area contributed by atoms with Crippen LogP contribution < -0.4 is 51.3 Å². The summed E-state index contributed by atoms with van der Waals surface area (Å²) in [7, 11) is 2.95. The number of carboxylic acid groups (broad SMARTS) is 1. The summed E-state index contributed by atoms with van der Waals surface area (Å²) < 4.78 is 23.5. The fourth-order valence-corrected chi connectivity index (χ4v) is 9.04. The van der Waals surface area contributed by atoms with E-state index in [0.29, 0.717) is 75.6 Å². The van der Waals surface area contributed by atoms with Crippen molar-refractivity contribution in [2.45, 2.75) is 96.3 Å². The second-order valence-corrected chi connectivity index (χ2v) is 19.1. The normalized spacial score (nSPS) is 12.9. The minimum atomic E-state index is -1.05. The molecule has 1 atom stereocenters. The minimum absolute atomic E-state index is 0.0495. The summed E-state index contributed by atoms with van der Waals surface area (Å²) in [6.07, 6.45) is 4.45. The first kappa shape index (κ1) is 58.6. The maximum absolute atomic E-state index is 13.4. The van der Waals surface area contributed by atoms with Crippen molar-refractivity contribution in [1.29, 1.82) is 0 Å². The first-order valence-electron chi connectivity index (χ1n) is 25.1. The van der Waals surface area contributed by atoms with Crippen LogP contribution in [0.5, 0.6) is 23.3 Å². The lowest BCUT2D eigenvalue weighted by atomic mass is 10.1. The molecule has 0 unspecified atom stereocenters. The molecule has 0 fully saturated rings. The molecular formula is C52H62N10O15S. The van der Waals surface area contributed by atoms with Crippen LogP contribution in [0.2, 0.25) is 0 Å². The molecule has 3 aromatic heterocycles. The maximum atomic E-state index is 13.4. The van der Waals surface area contributed by atoms with E-state index in [1.807, 2.05) is 0 Å². The number of benzene rings is 1. The number of Topliss-reactive ketones (excluding diaryl/α,β-unsaturated/α-hetero) is 1. The monoisotopic (exact) mass is 1100 g/mol. The molecule has 0 bridgehead atoms. The number of urea groups is 1. The summed E-state index contributed by atoms with van der Waals surface area (Å²) in [6, 6.07) is 9.93. The van der Waals surface area contributed by atoms with Crippen LogP contribution in [0.4, 0.5) is 10.5 Å². The summed E-state index contributed by atoms with van der Waals surface area (Å²) in [6.45, 7) is 1.02. The van der Waals surface area contributed by atoms with Crippen LogP contribution in [-0.2, 0) is 58.0 Å². The number of aliphatic carboxylic acids is 1. The van der Waals surface area contributed by atoms with Gasteiger partial charge >= 0.3 is 12.0 Å². The van der Waals surface area contributed by atoms with Gasteiger partial charge in [0.2, 0.25) is 29.5 Å². The molecule has 6 rings (SSSR count). The van der Waals surface area contributed by atoms with Gasteiger partial charge in [0, 0.05) is 82.2 Å². The minimum Gasteiger partial charge on any atom is -0.491 e. The molecule has 0 radical (unpaired) electrons. The number of carbonyl (C=O) groups is 10. The van der Waals surface area contributed by atoms with E-state index in [-0.39, 0.29) is 138 Å². The number of nitrogens with two attached hydrogens (primary N) is 1. The van der Waals surface area contributed by atoms with E-state index in [4.69, 9.17) is 29.8 Å². The molecule has 78 heavy (non-hydrogen) atoms. The zero-order valence-electron chi connectivity index (χ0n) is 43.1. The molecule has 416 valence electrons. The van der Waals surface area contributed by atoms with Gasteiger partial charge < -0.3 is 61.3 Å². The van der Waals surface area contributed by atoms with Gasteiger partial charge in [-0.05, 0) is 61.1 Å². The third-order valence-corrected chi connectivity index (χ3v) is 13.3. The van der Waals surface area contributed by atoms with Gasteiger partial charge in [-0.15, -0.1) is 11.3 Å². The summed E-state index contributed by atoms with van der Waals surface area (Å²) >= 11 is 1.20. The molecule has 9 amide bonds. The molecule has 2 aliphatic rings. The summed E-state index contributed by atoms with van der Waals surface area (Å²) in [4.78, 5) is 135.